The number of carbonyl (C=O) groups is 1. The number of benzene rings is 2. The van der Waals surface area contributed by atoms with Gasteiger partial charge in [0.15, 0.2) is 11.5 Å². The summed E-state index contributed by atoms with van der Waals surface area (Å²) < 4.78 is 10.6. The van der Waals surface area contributed by atoms with Crippen LogP contribution in [0.1, 0.15) is 38.3 Å². The summed E-state index contributed by atoms with van der Waals surface area (Å²) in [6.07, 6.45) is 1.58. The number of nitrogens with one attached hydrogen (secondary N) is 2. The minimum atomic E-state index is -0.142. The minimum Gasteiger partial charge on any atom is -0.493 e. The Morgan fingerprint density at radius 2 is 1.71 bits per heavy atom. The summed E-state index contributed by atoms with van der Waals surface area (Å²) in [4.78, 5) is 12.2. The Balaban J connectivity index is 1.79. The van der Waals surface area contributed by atoms with Gasteiger partial charge in [0.1, 0.15) is 0 Å². The second-order valence-corrected chi connectivity index (χ2v) is 7.69. The zero-order valence-corrected chi connectivity index (χ0v) is 17.5. The van der Waals surface area contributed by atoms with Crippen molar-refractivity contribution in [1.82, 2.24) is 10.6 Å². The summed E-state index contributed by atoms with van der Waals surface area (Å²) in [7, 11) is 3.23. The van der Waals surface area contributed by atoms with Crippen molar-refractivity contribution in [3.8, 4) is 11.5 Å². The average Bonchev–Trinajstić information content (AvgIpc) is 2.68. The molecular weight excluding hydrogens is 352 g/mol. The molecule has 5 nitrogen and oxygen atoms in total. The van der Waals surface area contributed by atoms with Crippen LogP contribution in [0.2, 0.25) is 0 Å². The molecule has 0 saturated heterocycles. The lowest BCUT2D eigenvalue weighted by Crippen LogP contribution is -2.43. The molecule has 2 rings (SSSR count). The first kappa shape index (κ1) is 21.6. The Morgan fingerprint density at radius 1 is 1.04 bits per heavy atom. The first-order chi connectivity index (χ1) is 13.4. The Hall–Kier alpha value is -2.69. The molecule has 0 heterocycles. The number of amides is 2. The molecule has 0 bridgehead atoms. The van der Waals surface area contributed by atoms with Crippen LogP contribution in [-0.2, 0) is 11.8 Å². The lowest BCUT2D eigenvalue weighted by molar-refractivity contribution is 0.235. The lowest BCUT2D eigenvalue weighted by Gasteiger charge is -2.29. The Kier molecular flexibility index (Phi) is 7.73. The Bertz CT molecular complexity index is 760. The van der Waals surface area contributed by atoms with Crippen LogP contribution < -0.4 is 20.1 Å². The van der Waals surface area contributed by atoms with Crippen LogP contribution in [0.4, 0.5) is 4.79 Å². The monoisotopic (exact) mass is 384 g/mol. The van der Waals surface area contributed by atoms with Crippen LogP contribution in [-0.4, -0.2) is 32.8 Å². The molecular formula is C23H32N2O3. The molecule has 0 aliphatic heterocycles. The second kappa shape index (κ2) is 10.0. The van der Waals surface area contributed by atoms with Crippen molar-refractivity contribution < 1.29 is 14.3 Å². The zero-order chi connectivity index (χ0) is 20.6. The van der Waals surface area contributed by atoms with Gasteiger partial charge in [-0.25, -0.2) is 4.79 Å². The molecule has 0 radical (unpaired) electrons. The van der Waals surface area contributed by atoms with E-state index in [4.69, 9.17) is 9.47 Å². The maximum Gasteiger partial charge on any atom is 0.315 e. The molecule has 2 amide bonds. The van der Waals surface area contributed by atoms with Crippen LogP contribution >= 0.6 is 0 Å². The van der Waals surface area contributed by atoms with Crippen molar-refractivity contribution in [2.45, 2.75) is 45.1 Å². The van der Waals surface area contributed by atoms with E-state index in [9.17, 15) is 4.79 Å². The SMILES string of the molecule is COc1ccc(CCNC(=O)NC(C)CC(C)(C)c2ccccc2)cc1OC. The highest BCUT2D eigenvalue weighted by molar-refractivity contribution is 5.74. The van der Waals surface area contributed by atoms with Gasteiger partial charge in [0, 0.05) is 12.6 Å². The topological polar surface area (TPSA) is 59.6 Å². The van der Waals surface area contributed by atoms with Crippen molar-refractivity contribution in [2.75, 3.05) is 20.8 Å². The third-order valence-electron chi connectivity index (χ3n) is 4.90. The molecule has 152 valence electrons. The molecule has 0 aliphatic carbocycles. The van der Waals surface area contributed by atoms with E-state index < -0.39 is 0 Å². The fraction of sp³-hybridized carbons (Fsp3) is 0.435. The van der Waals surface area contributed by atoms with Gasteiger partial charge in [0.05, 0.1) is 14.2 Å². The second-order valence-electron chi connectivity index (χ2n) is 7.69. The van der Waals surface area contributed by atoms with Crippen molar-refractivity contribution in [2.24, 2.45) is 0 Å². The van der Waals surface area contributed by atoms with E-state index >= 15 is 0 Å². The molecule has 0 spiro atoms. The summed E-state index contributed by atoms with van der Waals surface area (Å²) in [6, 6.07) is 16.1. The van der Waals surface area contributed by atoms with E-state index in [0.717, 1.165) is 18.4 Å². The number of hydrogen-bond donors (Lipinski definition) is 2. The Morgan fingerprint density at radius 3 is 2.36 bits per heavy atom. The smallest absolute Gasteiger partial charge is 0.315 e. The van der Waals surface area contributed by atoms with Gasteiger partial charge < -0.3 is 20.1 Å². The third-order valence-corrected chi connectivity index (χ3v) is 4.90. The molecule has 0 saturated carbocycles. The van der Waals surface area contributed by atoms with Crippen LogP contribution in [0.15, 0.2) is 48.5 Å². The van der Waals surface area contributed by atoms with Crippen molar-refractivity contribution >= 4 is 6.03 Å². The van der Waals surface area contributed by atoms with Crippen LogP contribution in [0.5, 0.6) is 11.5 Å². The first-order valence-corrected chi connectivity index (χ1v) is 9.66. The predicted molar refractivity (Wildman–Crippen MR) is 113 cm³/mol. The fourth-order valence-electron chi connectivity index (χ4n) is 3.46. The molecule has 5 heteroatoms. The number of rotatable bonds is 9. The van der Waals surface area contributed by atoms with E-state index in [1.54, 1.807) is 14.2 Å². The highest BCUT2D eigenvalue weighted by Crippen LogP contribution is 2.28. The number of methoxy groups -OCH3 is 2. The summed E-state index contributed by atoms with van der Waals surface area (Å²) in [5.74, 6) is 1.40. The molecule has 28 heavy (non-hydrogen) atoms. The minimum absolute atomic E-state index is 0.00634. The van der Waals surface area contributed by atoms with Gasteiger partial charge in [-0.15, -0.1) is 0 Å². The van der Waals surface area contributed by atoms with E-state index in [1.165, 1.54) is 5.56 Å². The fourth-order valence-corrected chi connectivity index (χ4v) is 3.46. The molecule has 2 aromatic carbocycles. The van der Waals surface area contributed by atoms with E-state index in [2.05, 4.69) is 48.7 Å². The van der Waals surface area contributed by atoms with Gasteiger partial charge >= 0.3 is 6.03 Å². The molecule has 0 aromatic heterocycles. The first-order valence-electron chi connectivity index (χ1n) is 9.66. The molecule has 2 aromatic rings. The summed E-state index contributed by atoms with van der Waals surface area (Å²) in [5, 5.41) is 5.97. The van der Waals surface area contributed by atoms with Crippen LogP contribution in [0.3, 0.4) is 0 Å². The van der Waals surface area contributed by atoms with Crippen molar-refractivity contribution in [3.05, 3.63) is 59.7 Å². The number of ether oxygens (including phenoxy) is 2. The van der Waals surface area contributed by atoms with E-state index in [1.807, 2.05) is 31.2 Å². The van der Waals surface area contributed by atoms with Gasteiger partial charge in [-0.2, -0.15) is 0 Å². The average molecular weight is 385 g/mol. The predicted octanol–water partition coefficient (Wildman–Crippen LogP) is 4.30. The van der Waals surface area contributed by atoms with Gasteiger partial charge in [0.2, 0.25) is 0 Å². The van der Waals surface area contributed by atoms with Crippen LogP contribution in [0.25, 0.3) is 0 Å². The van der Waals surface area contributed by atoms with Gasteiger partial charge in [-0.1, -0.05) is 50.2 Å². The molecule has 2 N–H and O–H groups in total. The lowest BCUT2D eigenvalue weighted by atomic mass is 9.79. The number of carbonyl (C=O) groups excluding carboxylic acids is 1. The summed E-state index contributed by atoms with van der Waals surface area (Å²) in [6.45, 7) is 7.00. The maximum absolute atomic E-state index is 12.2. The highest BCUT2D eigenvalue weighted by atomic mass is 16.5. The van der Waals surface area contributed by atoms with Gasteiger partial charge in [-0.05, 0) is 48.4 Å². The highest BCUT2D eigenvalue weighted by Gasteiger charge is 2.23. The number of hydrogen-bond acceptors (Lipinski definition) is 3. The van der Waals surface area contributed by atoms with Crippen molar-refractivity contribution in [3.63, 3.8) is 0 Å². The van der Waals surface area contributed by atoms with E-state index in [0.29, 0.717) is 18.0 Å². The largest absolute Gasteiger partial charge is 0.493 e. The molecule has 1 unspecified atom stereocenters. The van der Waals surface area contributed by atoms with Crippen LogP contribution in [0, 0.1) is 0 Å². The zero-order valence-electron chi connectivity index (χ0n) is 17.5. The molecule has 1 atom stereocenters. The summed E-state index contributed by atoms with van der Waals surface area (Å²) >= 11 is 0. The third kappa shape index (κ3) is 6.19. The standard InChI is InChI=1S/C23H32N2O3/c1-17(16-23(2,3)19-9-7-6-8-10-19)25-22(26)24-14-13-18-11-12-20(27-4)21(15-18)28-5/h6-12,15,17H,13-14,16H2,1-5H3,(H2,24,25,26). The normalized spacial score (nSPS) is 12.2. The van der Waals surface area contributed by atoms with E-state index in [-0.39, 0.29) is 17.5 Å². The maximum atomic E-state index is 12.2. The number of urea groups is 1. The molecule has 0 aliphatic rings. The Labute approximate surface area is 168 Å². The van der Waals surface area contributed by atoms with Gasteiger partial charge in [-0.3, -0.25) is 0 Å². The van der Waals surface area contributed by atoms with Gasteiger partial charge in [0.25, 0.3) is 0 Å². The quantitative estimate of drug-likeness (QED) is 0.678. The summed E-state index contributed by atoms with van der Waals surface area (Å²) in [5.41, 5.74) is 2.35. The molecule has 0 fully saturated rings. The van der Waals surface area contributed by atoms with Crippen molar-refractivity contribution in [1.29, 1.82) is 0 Å².